The number of nitrogens with one attached hydrogen (secondary N) is 1. The van der Waals surface area contributed by atoms with Crippen LogP contribution in [0.25, 0.3) is 11.4 Å². The molecule has 0 aliphatic rings. The minimum atomic E-state index is -0.299. The van der Waals surface area contributed by atoms with Crippen LogP contribution < -0.4 is 5.32 Å². The summed E-state index contributed by atoms with van der Waals surface area (Å²) in [6, 6.07) is 7.46. The fourth-order valence-electron chi connectivity index (χ4n) is 2.15. The Morgan fingerprint density at radius 2 is 2.13 bits per heavy atom. The second-order valence-electron chi connectivity index (χ2n) is 5.02. The minimum Gasteiger partial charge on any atom is -0.321 e. The quantitative estimate of drug-likeness (QED) is 0.799. The van der Waals surface area contributed by atoms with Gasteiger partial charge < -0.3 is 9.88 Å². The first-order valence-corrected chi connectivity index (χ1v) is 7.25. The zero-order chi connectivity index (χ0) is 16.2. The summed E-state index contributed by atoms with van der Waals surface area (Å²) in [6.07, 6.45) is 4.71. The Hall–Kier alpha value is -3.09. The lowest BCUT2D eigenvalue weighted by molar-refractivity contribution is 0.102. The number of aryl methyl sites for hydroxylation is 2. The summed E-state index contributed by atoms with van der Waals surface area (Å²) < 4.78 is 1.94. The van der Waals surface area contributed by atoms with Crippen LogP contribution in [0.4, 0.5) is 5.69 Å². The van der Waals surface area contributed by atoms with Gasteiger partial charge in [-0.15, -0.1) is 10.2 Å². The van der Waals surface area contributed by atoms with Crippen molar-refractivity contribution < 1.29 is 4.79 Å². The van der Waals surface area contributed by atoms with E-state index < -0.39 is 0 Å². The summed E-state index contributed by atoms with van der Waals surface area (Å²) >= 11 is 0. The third-order valence-corrected chi connectivity index (χ3v) is 3.35. The molecule has 1 N–H and O–H groups in total. The van der Waals surface area contributed by atoms with E-state index in [1.807, 2.05) is 42.7 Å². The SMILES string of the molecule is CCn1cnnc1-c1cccc(NC(=O)c2cnc(C)cn2)c1. The fourth-order valence-corrected chi connectivity index (χ4v) is 2.15. The topological polar surface area (TPSA) is 85.6 Å². The maximum atomic E-state index is 12.2. The number of carbonyl (C=O) groups excluding carboxylic acids is 1. The number of amides is 1. The van der Waals surface area contributed by atoms with Crippen LogP contribution in [0.5, 0.6) is 0 Å². The van der Waals surface area contributed by atoms with Gasteiger partial charge in [0.1, 0.15) is 12.0 Å². The van der Waals surface area contributed by atoms with E-state index in [2.05, 4.69) is 25.5 Å². The van der Waals surface area contributed by atoms with Crippen molar-refractivity contribution in [2.45, 2.75) is 20.4 Å². The van der Waals surface area contributed by atoms with Gasteiger partial charge in [0.05, 0.1) is 11.9 Å². The number of aromatic nitrogens is 5. The van der Waals surface area contributed by atoms with Gasteiger partial charge in [0.15, 0.2) is 5.82 Å². The Kier molecular flexibility index (Phi) is 4.09. The van der Waals surface area contributed by atoms with Gasteiger partial charge >= 0.3 is 0 Å². The molecule has 0 atom stereocenters. The highest BCUT2D eigenvalue weighted by Crippen LogP contribution is 2.21. The van der Waals surface area contributed by atoms with E-state index in [1.165, 1.54) is 6.20 Å². The third-order valence-electron chi connectivity index (χ3n) is 3.35. The molecular weight excluding hydrogens is 292 g/mol. The first kappa shape index (κ1) is 14.8. The van der Waals surface area contributed by atoms with Gasteiger partial charge in [-0.1, -0.05) is 12.1 Å². The van der Waals surface area contributed by atoms with Crippen LogP contribution in [0.3, 0.4) is 0 Å². The van der Waals surface area contributed by atoms with E-state index >= 15 is 0 Å². The molecule has 3 rings (SSSR count). The summed E-state index contributed by atoms with van der Waals surface area (Å²) in [4.78, 5) is 20.4. The van der Waals surface area contributed by atoms with Gasteiger partial charge in [0.25, 0.3) is 5.91 Å². The zero-order valence-corrected chi connectivity index (χ0v) is 12.9. The van der Waals surface area contributed by atoms with E-state index in [-0.39, 0.29) is 11.6 Å². The van der Waals surface area contributed by atoms with Crippen LogP contribution in [0.1, 0.15) is 23.1 Å². The first-order chi connectivity index (χ1) is 11.2. The number of benzene rings is 1. The van der Waals surface area contributed by atoms with Crippen LogP contribution in [-0.4, -0.2) is 30.6 Å². The molecule has 0 radical (unpaired) electrons. The summed E-state index contributed by atoms with van der Waals surface area (Å²) in [6.45, 7) is 4.62. The van der Waals surface area contributed by atoms with Crippen molar-refractivity contribution in [2.24, 2.45) is 0 Å². The van der Waals surface area contributed by atoms with Gasteiger partial charge in [-0.25, -0.2) is 4.98 Å². The van der Waals surface area contributed by atoms with E-state index in [4.69, 9.17) is 0 Å². The molecule has 2 heterocycles. The van der Waals surface area contributed by atoms with Crippen molar-refractivity contribution in [1.29, 1.82) is 0 Å². The monoisotopic (exact) mass is 308 g/mol. The van der Waals surface area contributed by atoms with Gasteiger partial charge in [0.2, 0.25) is 0 Å². The predicted octanol–water partition coefficient (Wildman–Crippen LogP) is 2.32. The predicted molar refractivity (Wildman–Crippen MR) is 85.9 cm³/mol. The van der Waals surface area contributed by atoms with E-state index in [9.17, 15) is 4.79 Å². The second kappa shape index (κ2) is 6.35. The van der Waals surface area contributed by atoms with Gasteiger partial charge in [-0.3, -0.25) is 9.78 Å². The number of hydrogen-bond acceptors (Lipinski definition) is 5. The second-order valence-corrected chi connectivity index (χ2v) is 5.02. The molecule has 0 bridgehead atoms. The van der Waals surface area contributed by atoms with Crippen molar-refractivity contribution in [3.05, 3.63) is 54.4 Å². The van der Waals surface area contributed by atoms with Crippen molar-refractivity contribution in [3.63, 3.8) is 0 Å². The molecule has 116 valence electrons. The van der Waals surface area contributed by atoms with Crippen LogP contribution in [0.2, 0.25) is 0 Å². The minimum absolute atomic E-state index is 0.276. The summed E-state index contributed by atoms with van der Waals surface area (Å²) in [5.41, 5.74) is 2.60. The normalized spacial score (nSPS) is 10.5. The van der Waals surface area contributed by atoms with Gasteiger partial charge in [-0.05, 0) is 26.0 Å². The summed E-state index contributed by atoms with van der Waals surface area (Å²) in [5, 5.41) is 10.9. The van der Waals surface area contributed by atoms with Crippen LogP contribution >= 0.6 is 0 Å². The van der Waals surface area contributed by atoms with Gasteiger partial charge in [-0.2, -0.15) is 0 Å². The lowest BCUT2D eigenvalue weighted by Crippen LogP contribution is -2.14. The Balaban J connectivity index is 1.83. The average molecular weight is 308 g/mol. The molecule has 2 aromatic heterocycles. The highest BCUT2D eigenvalue weighted by atomic mass is 16.1. The first-order valence-electron chi connectivity index (χ1n) is 7.25. The molecular formula is C16H16N6O. The molecule has 7 nitrogen and oxygen atoms in total. The zero-order valence-electron chi connectivity index (χ0n) is 12.9. The van der Waals surface area contributed by atoms with Crippen LogP contribution in [0.15, 0.2) is 43.0 Å². The summed E-state index contributed by atoms with van der Waals surface area (Å²) in [7, 11) is 0. The molecule has 0 fully saturated rings. The smallest absolute Gasteiger partial charge is 0.275 e. The Bertz CT molecular complexity index is 825. The van der Waals surface area contributed by atoms with Crippen molar-refractivity contribution in [2.75, 3.05) is 5.32 Å². The number of nitrogens with zero attached hydrogens (tertiary/aromatic N) is 5. The molecule has 0 spiro atoms. The number of hydrogen-bond donors (Lipinski definition) is 1. The maximum Gasteiger partial charge on any atom is 0.275 e. The lowest BCUT2D eigenvalue weighted by atomic mass is 10.2. The van der Waals surface area contributed by atoms with E-state index in [0.29, 0.717) is 5.69 Å². The maximum absolute atomic E-state index is 12.2. The van der Waals surface area contributed by atoms with Crippen molar-refractivity contribution in [3.8, 4) is 11.4 Å². The van der Waals surface area contributed by atoms with Crippen molar-refractivity contribution in [1.82, 2.24) is 24.7 Å². The lowest BCUT2D eigenvalue weighted by Gasteiger charge is -2.07. The number of anilines is 1. The van der Waals surface area contributed by atoms with E-state index in [1.54, 1.807) is 12.5 Å². The molecule has 1 aromatic carbocycles. The van der Waals surface area contributed by atoms with Crippen LogP contribution in [-0.2, 0) is 6.54 Å². The van der Waals surface area contributed by atoms with E-state index in [0.717, 1.165) is 23.6 Å². The summed E-state index contributed by atoms with van der Waals surface area (Å²) in [5.74, 6) is 0.463. The number of rotatable bonds is 4. The molecule has 0 saturated carbocycles. The Morgan fingerprint density at radius 1 is 1.26 bits per heavy atom. The highest BCUT2D eigenvalue weighted by Gasteiger charge is 2.10. The molecule has 7 heteroatoms. The third kappa shape index (κ3) is 3.23. The van der Waals surface area contributed by atoms with Crippen molar-refractivity contribution >= 4 is 11.6 Å². The molecule has 0 unspecified atom stereocenters. The van der Waals surface area contributed by atoms with Crippen LogP contribution in [0, 0.1) is 6.92 Å². The molecule has 23 heavy (non-hydrogen) atoms. The Morgan fingerprint density at radius 3 is 2.87 bits per heavy atom. The molecule has 0 aliphatic heterocycles. The van der Waals surface area contributed by atoms with Gasteiger partial charge in [0, 0.05) is 24.0 Å². The molecule has 1 amide bonds. The fraction of sp³-hybridized carbons (Fsp3) is 0.188. The average Bonchev–Trinajstić information content (AvgIpc) is 3.04. The molecule has 0 aliphatic carbocycles. The molecule has 0 saturated heterocycles. The largest absolute Gasteiger partial charge is 0.321 e. The standard InChI is InChI=1S/C16H16N6O/c1-3-22-10-19-21-15(22)12-5-4-6-13(7-12)20-16(23)14-9-17-11(2)8-18-14/h4-10H,3H2,1-2H3,(H,20,23). The molecule has 3 aromatic rings. The number of carbonyl (C=O) groups is 1. The Labute approximate surface area is 133 Å². The highest BCUT2D eigenvalue weighted by molar-refractivity contribution is 6.02.